The zero-order chi connectivity index (χ0) is 10.1. The third-order valence-electron chi connectivity index (χ3n) is 2.72. The van der Waals surface area contributed by atoms with Crippen LogP contribution in [0.1, 0.15) is 17.9 Å². The number of hydrogen-bond acceptors (Lipinski definition) is 1. The van der Waals surface area contributed by atoms with Crippen LogP contribution in [0.5, 0.6) is 5.75 Å². The molecular weight excluding hydrogens is 308 g/mol. The average Bonchev–Trinajstić information content (AvgIpc) is 2.98. The molecule has 3 heteroatoms. The first-order chi connectivity index (χ1) is 6.76. The second kappa shape index (κ2) is 4.23. The standard InChI is InChI=1S/C11H12Br2O/c1-14-8-2-3-11(13)10(5-8)9-4-7(9)6-12/h2-3,5,7,9H,4,6H2,1H3. The van der Waals surface area contributed by atoms with Crippen LogP contribution < -0.4 is 4.74 Å². The minimum Gasteiger partial charge on any atom is -0.497 e. The van der Waals surface area contributed by atoms with Crippen molar-refractivity contribution in [3.8, 4) is 5.75 Å². The van der Waals surface area contributed by atoms with E-state index in [1.54, 1.807) is 7.11 Å². The Labute approximate surface area is 101 Å². The number of benzene rings is 1. The molecule has 14 heavy (non-hydrogen) atoms. The monoisotopic (exact) mass is 318 g/mol. The fourth-order valence-electron chi connectivity index (χ4n) is 1.73. The molecular formula is C11H12Br2O. The summed E-state index contributed by atoms with van der Waals surface area (Å²) >= 11 is 7.11. The minimum absolute atomic E-state index is 0.707. The van der Waals surface area contributed by atoms with E-state index in [4.69, 9.17) is 4.74 Å². The van der Waals surface area contributed by atoms with E-state index < -0.39 is 0 Å². The number of methoxy groups -OCH3 is 1. The molecule has 76 valence electrons. The van der Waals surface area contributed by atoms with Gasteiger partial charge in [0.15, 0.2) is 0 Å². The van der Waals surface area contributed by atoms with Gasteiger partial charge in [0.05, 0.1) is 7.11 Å². The predicted octanol–water partition coefficient (Wildman–Crippen LogP) is 3.96. The molecule has 1 nitrogen and oxygen atoms in total. The molecule has 2 atom stereocenters. The van der Waals surface area contributed by atoms with Crippen molar-refractivity contribution in [2.45, 2.75) is 12.3 Å². The molecule has 2 unspecified atom stereocenters. The Hall–Kier alpha value is -0.0200. The van der Waals surface area contributed by atoms with Gasteiger partial charge in [-0.25, -0.2) is 0 Å². The van der Waals surface area contributed by atoms with Crippen LogP contribution in [0.4, 0.5) is 0 Å². The smallest absolute Gasteiger partial charge is 0.119 e. The molecule has 0 N–H and O–H groups in total. The maximum absolute atomic E-state index is 5.22. The van der Waals surface area contributed by atoms with E-state index in [0.29, 0.717) is 5.92 Å². The number of rotatable bonds is 3. The maximum atomic E-state index is 5.22. The Morgan fingerprint density at radius 2 is 2.29 bits per heavy atom. The average molecular weight is 320 g/mol. The Morgan fingerprint density at radius 3 is 2.86 bits per heavy atom. The van der Waals surface area contributed by atoms with Crippen molar-refractivity contribution in [1.29, 1.82) is 0 Å². The normalized spacial score (nSPS) is 24.8. The lowest BCUT2D eigenvalue weighted by molar-refractivity contribution is 0.414. The van der Waals surface area contributed by atoms with E-state index in [-0.39, 0.29) is 0 Å². The number of halogens is 2. The third-order valence-corrected chi connectivity index (χ3v) is 4.28. The first-order valence-electron chi connectivity index (χ1n) is 4.65. The third kappa shape index (κ3) is 1.98. The first kappa shape index (κ1) is 10.5. The first-order valence-corrected chi connectivity index (χ1v) is 6.57. The Balaban J connectivity index is 2.24. The zero-order valence-electron chi connectivity index (χ0n) is 7.97. The molecule has 0 saturated heterocycles. The van der Waals surface area contributed by atoms with E-state index in [1.807, 2.05) is 6.07 Å². The summed E-state index contributed by atoms with van der Waals surface area (Å²) in [6.45, 7) is 0. The number of alkyl halides is 1. The van der Waals surface area contributed by atoms with Crippen LogP contribution in [0, 0.1) is 5.92 Å². The summed E-state index contributed by atoms with van der Waals surface area (Å²) in [7, 11) is 1.71. The largest absolute Gasteiger partial charge is 0.497 e. The molecule has 0 radical (unpaired) electrons. The van der Waals surface area contributed by atoms with Crippen LogP contribution in [0.15, 0.2) is 22.7 Å². The highest BCUT2D eigenvalue weighted by Gasteiger charge is 2.38. The minimum atomic E-state index is 0.707. The van der Waals surface area contributed by atoms with Crippen molar-refractivity contribution in [1.82, 2.24) is 0 Å². The van der Waals surface area contributed by atoms with Gasteiger partial charge >= 0.3 is 0 Å². The van der Waals surface area contributed by atoms with Gasteiger partial charge in [-0.3, -0.25) is 0 Å². The Kier molecular flexibility index (Phi) is 3.17. The lowest BCUT2D eigenvalue weighted by atomic mass is 10.1. The van der Waals surface area contributed by atoms with Gasteiger partial charge in [0.25, 0.3) is 0 Å². The van der Waals surface area contributed by atoms with Crippen molar-refractivity contribution in [3.63, 3.8) is 0 Å². The second-order valence-corrected chi connectivity index (χ2v) is 5.15. The number of hydrogen-bond donors (Lipinski definition) is 0. The molecule has 2 rings (SSSR count). The summed E-state index contributed by atoms with van der Waals surface area (Å²) in [4.78, 5) is 0. The van der Waals surface area contributed by atoms with Gasteiger partial charge in [0, 0.05) is 9.80 Å². The van der Waals surface area contributed by atoms with Crippen molar-refractivity contribution < 1.29 is 4.74 Å². The quantitative estimate of drug-likeness (QED) is 0.766. The van der Waals surface area contributed by atoms with Crippen molar-refractivity contribution in [2.24, 2.45) is 5.92 Å². The van der Waals surface area contributed by atoms with Gasteiger partial charge in [-0.1, -0.05) is 31.9 Å². The fourth-order valence-corrected chi connectivity index (χ4v) is 2.99. The zero-order valence-corrected chi connectivity index (χ0v) is 11.1. The summed E-state index contributed by atoms with van der Waals surface area (Å²) < 4.78 is 6.42. The number of ether oxygens (including phenoxy) is 1. The fraction of sp³-hybridized carbons (Fsp3) is 0.455. The van der Waals surface area contributed by atoms with Crippen molar-refractivity contribution in [3.05, 3.63) is 28.2 Å². The van der Waals surface area contributed by atoms with Gasteiger partial charge in [-0.05, 0) is 42.0 Å². The lowest BCUT2D eigenvalue weighted by Gasteiger charge is -2.06. The summed E-state index contributed by atoms with van der Waals surface area (Å²) in [6, 6.07) is 6.19. The molecule has 1 saturated carbocycles. The molecule has 1 fully saturated rings. The summed E-state index contributed by atoms with van der Waals surface area (Å²) in [5.74, 6) is 2.46. The summed E-state index contributed by atoms with van der Waals surface area (Å²) in [5.41, 5.74) is 1.38. The van der Waals surface area contributed by atoms with E-state index in [1.165, 1.54) is 16.5 Å². The molecule has 0 aromatic heterocycles. The topological polar surface area (TPSA) is 9.23 Å². The molecule has 0 bridgehead atoms. The Bertz CT molecular complexity index is 338. The van der Waals surface area contributed by atoms with Crippen LogP contribution in [0.3, 0.4) is 0 Å². The van der Waals surface area contributed by atoms with E-state index in [9.17, 15) is 0 Å². The van der Waals surface area contributed by atoms with Gasteiger partial charge < -0.3 is 4.74 Å². The van der Waals surface area contributed by atoms with Crippen LogP contribution in [0.25, 0.3) is 0 Å². The van der Waals surface area contributed by atoms with Gasteiger partial charge in [0.2, 0.25) is 0 Å². The van der Waals surface area contributed by atoms with E-state index >= 15 is 0 Å². The van der Waals surface area contributed by atoms with Crippen LogP contribution in [0.2, 0.25) is 0 Å². The van der Waals surface area contributed by atoms with Crippen LogP contribution in [-0.4, -0.2) is 12.4 Å². The molecule has 1 aliphatic carbocycles. The highest BCUT2D eigenvalue weighted by Crippen LogP contribution is 2.50. The molecule has 0 aliphatic heterocycles. The molecule has 1 aromatic carbocycles. The highest BCUT2D eigenvalue weighted by molar-refractivity contribution is 9.10. The van der Waals surface area contributed by atoms with Crippen LogP contribution >= 0.6 is 31.9 Å². The molecule has 0 heterocycles. The lowest BCUT2D eigenvalue weighted by Crippen LogP contribution is -1.89. The van der Waals surface area contributed by atoms with Crippen molar-refractivity contribution in [2.75, 3.05) is 12.4 Å². The highest BCUT2D eigenvalue weighted by atomic mass is 79.9. The molecule has 0 spiro atoms. The van der Waals surface area contributed by atoms with Crippen molar-refractivity contribution >= 4 is 31.9 Å². The van der Waals surface area contributed by atoms with Crippen LogP contribution in [-0.2, 0) is 0 Å². The predicted molar refractivity (Wildman–Crippen MR) is 65.3 cm³/mol. The van der Waals surface area contributed by atoms with Gasteiger partial charge in [0.1, 0.15) is 5.75 Å². The second-order valence-electron chi connectivity index (χ2n) is 3.64. The van der Waals surface area contributed by atoms with E-state index in [2.05, 4.69) is 44.0 Å². The SMILES string of the molecule is COc1ccc(Br)c(C2CC2CBr)c1. The molecule has 0 amide bonds. The molecule has 1 aromatic rings. The summed E-state index contributed by atoms with van der Waals surface area (Å²) in [5, 5.41) is 1.10. The van der Waals surface area contributed by atoms with E-state index in [0.717, 1.165) is 17.0 Å². The molecule has 1 aliphatic rings. The summed E-state index contributed by atoms with van der Waals surface area (Å²) in [6.07, 6.45) is 1.29. The van der Waals surface area contributed by atoms with Gasteiger partial charge in [-0.2, -0.15) is 0 Å². The Morgan fingerprint density at radius 1 is 1.50 bits per heavy atom. The maximum Gasteiger partial charge on any atom is 0.119 e. The van der Waals surface area contributed by atoms with Gasteiger partial charge in [-0.15, -0.1) is 0 Å².